The Morgan fingerprint density at radius 2 is 1.76 bits per heavy atom. The van der Waals surface area contributed by atoms with Crippen LogP contribution in [0.3, 0.4) is 0 Å². The number of carbonyl (C=O) groups excluding carboxylic acids is 2. The van der Waals surface area contributed by atoms with Crippen molar-refractivity contribution >= 4 is 12.1 Å². The van der Waals surface area contributed by atoms with Gasteiger partial charge in [0.2, 0.25) is 0 Å². The number of esters is 1. The molecule has 0 heterocycles. The monoisotopic (exact) mass is 302 g/mol. The molecule has 0 aromatic carbocycles. The van der Waals surface area contributed by atoms with Gasteiger partial charge in [-0.3, -0.25) is 4.79 Å². The predicted octanol–water partition coefficient (Wildman–Crippen LogP) is 1.94. The fourth-order valence-electron chi connectivity index (χ4n) is 1.64. The fourth-order valence-corrected chi connectivity index (χ4v) is 1.64. The van der Waals surface area contributed by atoms with E-state index in [9.17, 15) is 9.59 Å². The quantitative estimate of drug-likeness (QED) is 0.670. The molecular formula is C15H30N2O4. The average molecular weight is 302 g/mol. The van der Waals surface area contributed by atoms with Crippen molar-refractivity contribution in [2.24, 2.45) is 11.8 Å². The van der Waals surface area contributed by atoms with Crippen LogP contribution in [-0.4, -0.2) is 43.9 Å². The van der Waals surface area contributed by atoms with E-state index in [1.807, 2.05) is 20.8 Å². The van der Waals surface area contributed by atoms with E-state index in [2.05, 4.69) is 24.5 Å². The first-order chi connectivity index (χ1) is 9.65. The molecule has 1 amide bonds. The van der Waals surface area contributed by atoms with Gasteiger partial charge < -0.3 is 20.1 Å². The zero-order valence-corrected chi connectivity index (χ0v) is 14.1. The van der Waals surface area contributed by atoms with Crippen molar-refractivity contribution in [3.05, 3.63) is 0 Å². The standard InChI is InChI=1S/C15H30N2O4/c1-7-20-13(18)10-16-8-12(11(2)3)9-17-14(19)21-15(4,5)6/h11-12,16H,7-10H2,1-6H3,(H,17,19). The van der Waals surface area contributed by atoms with Crippen LogP contribution in [0.1, 0.15) is 41.5 Å². The van der Waals surface area contributed by atoms with E-state index in [4.69, 9.17) is 9.47 Å². The van der Waals surface area contributed by atoms with E-state index in [-0.39, 0.29) is 18.4 Å². The molecule has 0 rings (SSSR count). The van der Waals surface area contributed by atoms with Crippen molar-refractivity contribution in [2.45, 2.75) is 47.1 Å². The number of hydrogen-bond acceptors (Lipinski definition) is 5. The largest absolute Gasteiger partial charge is 0.465 e. The lowest BCUT2D eigenvalue weighted by atomic mass is 9.96. The van der Waals surface area contributed by atoms with Crippen LogP contribution in [0.15, 0.2) is 0 Å². The summed E-state index contributed by atoms with van der Waals surface area (Å²) in [4.78, 5) is 22.9. The molecule has 0 aromatic rings. The second-order valence-corrected chi connectivity index (χ2v) is 6.32. The smallest absolute Gasteiger partial charge is 0.407 e. The van der Waals surface area contributed by atoms with E-state index in [0.29, 0.717) is 25.6 Å². The number of carbonyl (C=O) groups is 2. The zero-order valence-electron chi connectivity index (χ0n) is 14.1. The normalized spacial score (nSPS) is 12.9. The Balaban J connectivity index is 4.08. The number of rotatable bonds is 8. The number of hydrogen-bond donors (Lipinski definition) is 2. The van der Waals surface area contributed by atoms with Gasteiger partial charge in [0.25, 0.3) is 0 Å². The fraction of sp³-hybridized carbons (Fsp3) is 0.867. The second-order valence-electron chi connectivity index (χ2n) is 6.32. The Hall–Kier alpha value is -1.30. The summed E-state index contributed by atoms with van der Waals surface area (Å²) < 4.78 is 10.0. The highest BCUT2D eigenvalue weighted by Gasteiger charge is 2.19. The summed E-state index contributed by atoms with van der Waals surface area (Å²) in [6.07, 6.45) is -0.418. The minimum absolute atomic E-state index is 0.184. The summed E-state index contributed by atoms with van der Waals surface area (Å²) in [5, 5.41) is 5.82. The van der Waals surface area contributed by atoms with Crippen molar-refractivity contribution in [1.82, 2.24) is 10.6 Å². The minimum Gasteiger partial charge on any atom is -0.465 e. The highest BCUT2D eigenvalue weighted by atomic mass is 16.6. The van der Waals surface area contributed by atoms with Crippen molar-refractivity contribution in [2.75, 3.05) is 26.2 Å². The Labute approximate surface area is 127 Å². The van der Waals surface area contributed by atoms with E-state index in [1.165, 1.54) is 0 Å². The van der Waals surface area contributed by atoms with Crippen LogP contribution < -0.4 is 10.6 Å². The molecule has 0 saturated carbocycles. The van der Waals surface area contributed by atoms with E-state index >= 15 is 0 Å². The molecule has 0 aliphatic heterocycles. The molecule has 0 fully saturated rings. The highest BCUT2D eigenvalue weighted by molar-refractivity contribution is 5.71. The molecule has 1 atom stereocenters. The molecule has 1 unspecified atom stereocenters. The van der Waals surface area contributed by atoms with Gasteiger partial charge in [-0.1, -0.05) is 13.8 Å². The van der Waals surface area contributed by atoms with Gasteiger partial charge in [-0.15, -0.1) is 0 Å². The third kappa shape index (κ3) is 11.1. The molecule has 0 spiro atoms. The van der Waals surface area contributed by atoms with E-state index < -0.39 is 11.7 Å². The molecule has 6 heteroatoms. The first-order valence-electron chi connectivity index (χ1n) is 7.49. The maximum Gasteiger partial charge on any atom is 0.407 e. The van der Waals surface area contributed by atoms with Crippen molar-refractivity contribution in [1.29, 1.82) is 0 Å². The Morgan fingerprint density at radius 1 is 1.14 bits per heavy atom. The van der Waals surface area contributed by atoms with Crippen LogP contribution in [-0.2, 0) is 14.3 Å². The number of alkyl carbamates (subject to hydrolysis) is 1. The molecule has 0 radical (unpaired) electrons. The Bertz CT molecular complexity index is 324. The summed E-state index contributed by atoms with van der Waals surface area (Å²) in [7, 11) is 0. The second kappa shape index (κ2) is 9.60. The van der Waals surface area contributed by atoms with Gasteiger partial charge >= 0.3 is 12.1 Å². The van der Waals surface area contributed by atoms with Crippen molar-refractivity contribution in [3.63, 3.8) is 0 Å². The van der Waals surface area contributed by atoms with Crippen molar-refractivity contribution < 1.29 is 19.1 Å². The van der Waals surface area contributed by atoms with Gasteiger partial charge in [0, 0.05) is 13.1 Å². The summed E-state index contributed by atoms with van der Waals surface area (Å²) in [5.41, 5.74) is -0.500. The lowest BCUT2D eigenvalue weighted by Crippen LogP contribution is -2.40. The predicted molar refractivity (Wildman–Crippen MR) is 82.1 cm³/mol. The van der Waals surface area contributed by atoms with E-state index in [0.717, 1.165) is 0 Å². The van der Waals surface area contributed by atoms with Crippen molar-refractivity contribution in [3.8, 4) is 0 Å². The third-order valence-corrected chi connectivity index (χ3v) is 2.83. The molecule has 0 aliphatic rings. The van der Waals surface area contributed by atoms with Crippen LogP contribution in [0.5, 0.6) is 0 Å². The zero-order chi connectivity index (χ0) is 16.5. The number of nitrogens with one attached hydrogen (secondary N) is 2. The first-order valence-corrected chi connectivity index (χ1v) is 7.49. The maximum atomic E-state index is 11.6. The molecule has 0 aliphatic carbocycles. The summed E-state index contributed by atoms with van der Waals surface area (Å²) >= 11 is 0. The molecule has 0 saturated heterocycles. The lowest BCUT2D eigenvalue weighted by molar-refractivity contribution is -0.142. The van der Waals surface area contributed by atoms with Gasteiger partial charge in [-0.05, 0) is 39.5 Å². The van der Waals surface area contributed by atoms with Gasteiger partial charge in [-0.2, -0.15) is 0 Å². The topological polar surface area (TPSA) is 76.7 Å². The van der Waals surface area contributed by atoms with Gasteiger partial charge in [0.05, 0.1) is 13.2 Å². The van der Waals surface area contributed by atoms with Gasteiger partial charge in [0.15, 0.2) is 0 Å². The molecule has 6 nitrogen and oxygen atoms in total. The van der Waals surface area contributed by atoms with Crippen LogP contribution in [0, 0.1) is 11.8 Å². The molecule has 21 heavy (non-hydrogen) atoms. The third-order valence-electron chi connectivity index (χ3n) is 2.83. The number of amides is 1. The average Bonchev–Trinajstić information content (AvgIpc) is 2.31. The summed E-state index contributed by atoms with van der Waals surface area (Å²) in [6, 6.07) is 0. The molecule has 2 N–H and O–H groups in total. The summed E-state index contributed by atoms with van der Waals surface area (Å²) in [5.74, 6) is 0.321. The molecular weight excluding hydrogens is 272 g/mol. The first kappa shape index (κ1) is 19.7. The lowest BCUT2D eigenvalue weighted by Gasteiger charge is -2.24. The van der Waals surface area contributed by atoms with Crippen LogP contribution in [0.2, 0.25) is 0 Å². The molecule has 0 bridgehead atoms. The SMILES string of the molecule is CCOC(=O)CNCC(CNC(=O)OC(C)(C)C)C(C)C. The molecule has 0 aromatic heterocycles. The van der Waals surface area contributed by atoms with Crippen LogP contribution >= 0.6 is 0 Å². The van der Waals surface area contributed by atoms with E-state index in [1.54, 1.807) is 6.92 Å². The maximum absolute atomic E-state index is 11.6. The van der Waals surface area contributed by atoms with Crippen LogP contribution in [0.25, 0.3) is 0 Å². The highest BCUT2D eigenvalue weighted by Crippen LogP contribution is 2.10. The Kier molecular flexibility index (Phi) is 9.01. The van der Waals surface area contributed by atoms with Crippen LogP contribution in [0.4, 0.5) is 4.79 Å². The summed E-state index contributed by atoms with van der Waals surface area (Å²) in [6.45, 7) is 13.1. The van der Waals surface area contributed by atoms with Gasteiger partial charge in [-0.25, -0.2) is 4.79 Å². The van der Waals surface area contributed by atoms with Gasteiger partial charge in [0.1, 0.15) is 5.60 Å². The minimum atomic E-state index is -0.500. The molecule has 124 valence electrons. The number of ether oxygens (including phenoxy) is 2. The Morgan fingerprint density at radius 3 is 2.24 bits per heavy atom.